The first-order valence-electron chi connectivity index (χ1n) is 5.16. The summed E-state index contributed by atoms with van der Waals surface area (Å²) in [5.41, 5.74) is 7.82. The van der Waals surface area contributed by atoms with Crippen molar-refractivity contribution in [2.45, 2.75) is 20.4 Å². The maximum absolute atomic E-state index is 5.68. The fourth-order valence-corrected chi connectivity index (χ4v) is 3.67. The van der Waals surface area contributed by atoms with E-state index in [9.17, 15) is 0 Å². The molecular formula is C10H11N5S2. The first-order valence-corrected chi connectivity index (χ1v) is 6.86. The number of rotatable bonds is 2. The van der Waals surface area contributed by atoms with E-state index in [0.717, 1.165) is 27.2 Å². The van der Waals surface area contributed by atoms with Crippen LogP contribution in [0.2, 0.25) is 0 Å². The van der Waals surface area contributed by atoms with Crippen molar-refractivity contribution in [2.24, 2.45) is 5.73 Å². The van der Waals surface area contributed by atoms with Gasteiger partial charge in [-0.05, 0) is 13.8 Å². The van der Waals surface area contributed by atoms with Crippen molar-refractivity contribution in [3.05, 3.63) is 21.9 Å². The number of aromatic nitrogens is 4. The van der Waals surface area contributed by atoms with Crippen molar-refractivity contribution < 1.29 is 0 Å². The molecule has 0 unspecified atom stereocenters. The summed E-state index contributed by atoms with van der Waals surface area (Å²) < 4.78 is 2.02. The van der Waals surface area contributed by atoms with Crippen LogP contribution >= 0.6 is 22.7 Å². The lowest BCUT2D eigenvalue weighted by molar-refractivity contribution is 0.887. The summed E-state index contributed by atoms with van der Waals surface area (Å²) in [5.74, 6) is 0.793. The summed E-state index contributed by atoms with van der Waals surface area (Å²) in [6.07, 6.45) is 0. The Morgan fingerprint density at radius 3 is 2.82 bits per heavy atom. The van der Waals surface area contributed by atoms with Gasteiger partial charge < -0.3 is 5.73 Å². The van der Waals surface area contributed by atoms with E-state index in [-0.39, 0.29) is 0 Å². The monoisotopic (exact) mass is 265 g/mol. The van der Waals surface area contributed by atoms with E-state index in [1.165, 1.54) is 4.88 Å². The SMILES string of the molecule is Cc1nc(C)c(-c2csc3nnc(CN)n23)s1. The van der Waals surface area contributed by atoms with Gasteiger partial charge in [0.1, 0.15) is 0 Å². The van der Waals surface area contributed by atoms with Crippen LogP contribution in [-0.2, 0) is 6.54 Å². The molecule has 3 aromatic heterocycles. The van der Waals surface area contributed by atoms with E-state index < -0.39 is 0 Å². The van der Waals surface area contributed by atoms with Crippen molar-refractivity contribution in [3.63, 3.8) is 0 Å². The van der Waals surface area contributed by atoms with Gasteiger partial charge in [0.2, 0.25) is 4.96 Å². The van der Waals surface area contributed by atoms with Crippen molar-refractivity contribution in [3.8, 4) is 10.6 Å². The highest BCUT2D eigenvalue weighted by molar-refractivity contribution is 7.17. The van der Waals surface area contributed by atoms with Gasteiger partial charge in [-0.2, -0.15) is 0 Å². The second-order valence-corrected chi connectivity index (χ2v) is 5.75. The van der Waals surface area contributed by atoms with Gasteiger partial charge in [-0.1, -0.05) is 0 Å². The number of hydrogen-bond acceptors (Lipinski definition) is 6. The maximum atomic E-state index is 5.68. The van der Waals surface area contributed by atoms with Crippen LogP contribution in [-0.4, -0.2) is 19.6 Å². The van der Waals surface area contributed by atoms with Crippen LogP contribution in [0.3, 0.4) is 0 Å². The molecule has 2 N–H and O–H groups in total. The molecule has 3 rings (SSSR count). The topological polar surface area (TPSA) is 69.1 Å². The Bertz CT molecular complexity index is 678. The van der Waals surface area contributed by atoms with E-state index in [2.05, 4.69) is 20.6 Å². The van der Waals surface area contributed by atoms with Crippen LogP contribution in [0, 0.1) is 13.8 Å². The molecule has 0 aliphatic rings. The summed E-state index contributed by atoms with van der Waals surface area (Å²) in [6, 6.07) is 0. The van der Waals surface area contributed by atoms with Crippen LogP contribution in [0.5, 0.6) is 0 Å². The Balaban J connectivity index is 2.29. The molecule has 17 heavy (non-hydrogen) atoms. The molecule has 0 atom stereocenters. The molecule has 7 heteroatoms. The van der Waals surface area contributed by atoms with Gasteiger partial charge in [0.15, 0.2) is 5.82 Å². The highest BCUT2D eigenvalue weighted by atomic mass is 32.1. The minimum Gasteiger partial charge on any atom is -0.324 e. The molecule has 0 bridgehead atoms. The number of hydrogen-bond donors (Lipinski definition) is 1. The lowest BCUT2D eigenvalue weighted by Crippen LogP contribution is -2.02. The number of aryl methyl sites for hydroxylation is 2. The van der Waals surface area contributed by atoms with Crippen LogP contribution in [0.25, 0.3) is 15.5 Å². The minimum atomic E-state index is 0.391. The molecule has 0 aliphatic carbocycles. The predicted octanol–water partition coefficient (Wildman–Crippen LogP) is 1.99. The zero-order valence-electron chi connectivity index (χ0n) is 9.47. The van der Waals surface area contributed by atoms with Crippen LogP contribution in [0.15, 0.2) is 5.38 Å². The highest BCUT2D eigenvalue weighted by Gasteiger charge is 2.16. The third-order valence-corrected chi connectivity index (χ3v) is 4.45. The Labute approximate surface area is 106 Å². The number of nitrogens with two attached hydrogens (primary N) is 1. The van der Waals surface area contributed by atoms with Gasteiger partial charge in [-0.3, -0.25) is 4.40 Å². The molecule has 0 aliphatic heterocycles. The van der Waals surface area contributed by atoms with Crippen LogP contribution in [0.1, 0.15) is 16.5 Å². The van der Waals surface area contributed by atoms with Crippen molar-refractivity contribution >= 4 is 27.6 Å². The molecule has 0 spiro atoms. The lowest BCUT2D eigenvalue weighted by Gasteiger charge is -1.98. The van der Waals surface area contributed by atoms with Gasteiger partial charge in [0.25, 0.3) is 0 Å². The zero-order valence-corrected chi connectivity index (χ0v) is 11.1. The van der Waals surface area contributed by atoms with E-state index in [4.69, 9.17) is 5.73 Å². The smallest absolute Gasteiger partial charge is 0.216 e. The van der Waals surface area contributed by atoms with Crippen LogP contribution in [0.4, 0.5) is 0 Å². The van der Waals surface area contributed by atoms with Gasteiger partial charge in [-0.15, -0.1) is 32.9 Å². The molecule has 3 heterocycles. The molecule has 0 aromatic carbocycles. The highest BCUT2D eigenvalue weighted by Crippen LogP contribution is 2.33. The molecule has 5 nitrogen and oxygen atoms in total. The average Bonchev–Trinajstić information content (AvgIpc) is 2.92. The van der Waals surface area contributed by atoms with Gasteiger partial charge in [0, 0.05) is 5.38 Å². The van der Waals surface area contributed by atoms with Gasteiger partial charge in [-0.25, -0.2) is 4.98 Å². The second-order valence-electron chi connectivity index (χ2n) is 3.71. The van der Waals surface area contributed by atoms with E-state index in [0.29, 0.717) is 6.54 Å². The van der Waals surface area contributed by atoms with E-state index in [1.807, 2.05) is 18.2 Å². The molecule has 0 saturated carbocycles. The first kappa shape index (κ1) is 10.8. The van der Waals surface area contributed by atoms with E-state index >= 15 is 0 Å². The molecule has 88 valence electrons. The Morgan fingerprint density at radius 1 is 1.35 bits per heavy atom. The third kappa shape index (κ3) is 1.58. The number of fused-ring (bicyclic) bond motifs is 1. The molecule has 0 saturated heterocycles. The first-order chi connectivity index (χ1) is 8.20. The molecule has 3 aromatic rings. The summed E-state index contributed by atoms with van der Waals surface area (Å²) in [7, 11) is 0. The van der Waals surface area contributed by atoms with E-state index in [1.54, 1.807) is 22.7 Å². The predicted molar refractivity (Wildman–Crippen MR) is 69.3 cm³/mol. The second kappa shape index (κ2) is 3.86. The molecular weight excluding hydrogens is 254 g/mol. The fourth-order valence-electron chi connectivity index (χ4n) is 1.84. The quantitative estimate of drug-likeness (QED) is 0.769. The van der Waals surface area contributed by atoms with Gasteiger partial charge >= 0.3 is 0 Å². The molecule has 0 radical (unpaired) electrons. The Morgan fingerprint density at radius 2 is 2.18 bits per heavy atom. The Kier molecular flexibility index (Phi) is 2.46. The summed E-state index contributed by atoms with van der Waals surface area (Å²) in [5, 5.41) is 11.3. The standard InChI is InChI=1S/C10H11N5S2/c1-5-9(17-6(2)12-5)7-4-16-10-14-13-8(3-11)15(7)10/h4H,3,11H2,1-2H3. The fraction of sp³-hybridized carbons (Fsp3) is 0.300. The largest absolute Gasteiger partial charge is 0.324 e. The summed E-state index contributed by atoms with van der Waals surface area (Å²) in [4.78, 5) is 6.50. The van der Waals surface area contributed by atoms with Crippen molar-refractivity contribution in [1.29, 1.82) is 0 Å². The molecule has 0 fully saturated rings. The summed E-state index contributed by atoms with van der Waals surface area (Å²) in [6.45, 7) is 4.43. The molecule has 0 amide bonds. The third-order valence-electron chi connectivity index (χ3n) is 2.54. The van der Waals surface area contributed by atoms with Crippen molar-refractivity contribution in [1.82, 2.24) is 19.6 Å². The summed E-state index contributed by atoms with van der Waals surface area (Å²) >= 11 is 3.26. The Hall–Kier alpha value is -1.31. The average molecular weight is 265 g/mol. The lowest BCUT2D eigenvalue weighted by atomic mass is 10.3. The zero-order chi connectivity index (χ0) is 12.0. The van der Waals surface area contributed by atoms with Gasteiger partial charge in [0.05, 0.1) is 27.8 Å². The number of thiazole rings is 2. The van der Waals surface area contributed by atoms with Crippen LogP contribution < -0.4 is 5.73 Å². The maximum Gasteiger partial charge on any atom is 0.216 e. The minimum absolute atomic E-state index is 0.391. The van der Waals surface area contributed by atoms with Crippen molar-refractivity contribution in [2.75, 3.05) is 0 Å². The number of nitrogens with zero attached hydrogens (tertiary/aromatic N) is 4. The normalized spacial score (nSPS) is 11.5.